The quantitative estimate of drug-likeness (QED) is 0.708. The normalized spacial score (nSPS) is 16.8. The Hall–Kier alpha value is -3.03. The van der Waals surface area contributed by atoms with Crippen molar-refractivity contribution < 1.29 is 9.18 Å². The fourth-order valence-electron chi connectivity index (χ4n) is 3.88. The van der Waals surface area contributed by atoms with Gasteiger partial charge in [-0.25, -0.2) is 13.9 Å². The maximum absolute atomic E-state index is 14.0. The predicted molar refractivity (Wildman–Crippen MR) is 104 cm³/mol. The molecule has 3 aromatic heterocycles. The molecule has 4 rings (SSSR count). The van der Waals surface area contributed by atoms with Gasteiger partial charge in [-0.2, -0.15) is 5.10 Å². The van der Waals surface area contributed by atoms with Crippen molar-refractivity contribution in [1.29, 1.82) is 0 Å². The van der Waals surface area contributed by atoms with Gasteiger partial charge in [-0.15, -0.1) is 0 Å². The van der Waals surface area contributed by atoms with Crippen LogP contribution in [0.1, 0.15) is 60.3 Å². The van der Waals surface area contributed by atoms with Crippen LogP contribution in [0.25, 0.3) is 5.65 Å². The van der Waals surface area contributed by atoms with Crippen molar-refractivity contribution in [1.82, 2.24) is 19.6 Å². The number of nitrogens with two attached hydrogens (primary N) is 1. The smallest absolute Gasteiger partial charge is 0.254 e. The number of hydrogen-bond acceptors (Lipinski definition) is 5. The molecule has 1 aliphatic heterocycles. The summed E-state index contributed by atoms with van der Waals surface area (Å²) in [5, 5.41) is 4.12. The van der Waals surface area contributed by atoms with Gasteiger partial charge in [-0.3, -0.25) is 9.78 Å². The van der Waals surface area contributed by atoms with E-state index in [2.05, 4.69) is 26.9 Å². The van der Waals surface area contributed by atoms with Crippen molar-refractivity contribution in [2.75, 3.05) is 11.4 Å². The van der Waals surface area contributed by atoms with Gasteiger partial charge in [0.1, 0.15) is 17.2 Å². The summed E-state index contributed by atoms with van der Waals surface area (Å²) in [5.74, 6) is -0.158. The molecule has 0 bridgehead atoms. The van der Waals surface area contributed by atoms with Crippen LogP contribution in [0.5, 0.6) is 0 Å². The van der Waals surface area contributed by atoms with Crippen molar-refractivity contribution in [3.63, 3.8) is 0 Å². The fourth-order valence-corrected chi connectivity index (χ4v) is 3.88. The summed E-state index contributed by atoms with van der Waals surface area (Å²) >= 11 is 0. The number of fused-ring (bicyclic) bond motifs is 1. The summed E-state index contributed by atoms with van der Waals surface area (Å²) in [6.07, 6.45) is 9.27. The minimum absolute atomic E-state index is 0.00459. The number of hydrogen-bond donors (Lipinski definition) is 1. The zero-order chi connectivity index (χ0) is 19.7. The molecule has 2 N–H and O–H groups in total. The van der Waals surface area contributed by atoms with Crippen molar-refractivity contribution in [2.24, 2.45) is 5.73 Å². The van der Waals surface area contributed by atoms with Crippen LogP contribution in [0, 0.1) is 5.82 Å². The lowest BCUT2D eigenvalue weighted by molar-refractivity contribution is 0.100. The molecule has 1 amide bonds. The number of amides is 1. The second-order valence-corrected chi connectivity index (χ2v) is 7.12. The highest BCUT2D eigenvalue weighted by atomic mass is 19.1. The average Bonchev–Trinajstić information content (AvgIpc) is 3.33. The van der Waals surface area contributed by atoms with Gasteiger partial charge in [0.05, 0.1) is 18.4 Å². The Balaban J connectivity index is 1.73. The van der Waals surface area contributed by atoms with Crippen LogP contribution >= 0.6 is 0 Å². The van der Waals surface area contributed by atoms with Gasteiger partial charge in [0.25, 0.3) is 5.91 Å². The van der Waals surface area contributed by atoms with E-state index in [1.165, 1.54) is 16.9 Å². The molecule has 7 nitrogen and oxygen atoms in total. The number of carbonyl (C=O) groups is 1. The monoisotopic (exact) mass is 382 g/mol. The largest absolute Gasteiger partial charge is 0.365 e. The first-order valence-corrected chi connectivity index (χ1v) is 9.63. The molecule has 1 saturated heterocycles. The highest BCUT2D eigenvalue weighted by Gasteiger charge is 2.30. The lowest BCUT2D eigenvalue weighted by atomic mass is 9.99. The predicted octanol–water partition coefficient (Wildman–Crippen LogP) is 3.05. The van der Waals surface area contributed by atoms with Crippen molar-refractivity contribution in [3.8, 4) is 0 Å². The molecule has 1 fully saturated rings. The molecule has 8 heteroatoms. The summed E-state index contributed by atoms with van der Waals surface area (Å²) in [6, 6.07) is 3.47. The highest BCUT2D eigenvalue weighted by Crippen LogP contribution is 2.37. The zero-order valence-corrected chi connectivity index (χ0v) is 15.8. The first kappa shape index (κ1) is 18.3. The van der Waals surface area contributed by atoms with E-state index in [4.69, 9.17) is 5.73 Å². The van der Waals surface area contributed by atoms with Crippen molar-refractivity contribution >= 4 is 17.4 Å². The Morgan fingerprint density at radius 1 is 1.39 bits per heavy atom. The van der Waals surface area contributed by atoms with Gasteiger partial charge in [-0.05, 0) is 43.4 Å². The average molecular weight is 382 g/mol. The molecule has 0 unspecified atom stereocenters. The molecule has 28 heavy (non-hydrogen) atoms. The number of anilines is 1. The Kier molecular flexibility index (Phi) is 4.93. The number of halogens is 1. The lowest BCUT2D eigenvalue weighted by Crippen LogP contribution is -2.25. The minimum atomic E-state index is -0.561. The summed E-state index contributed by atoms with van der Waals surface area (Å²) in [7, 11) is 0. The minimum Gasteiger partial charge on any atom is -0.365 e. The van der Waals surface area contributed by atoms with E-state index in [1.807, 2.05) is 6.07 Å². The molecule has 1 aliphatic rings. The van der Waals surface area contributed by atoms with Gasteiger partial charge >= 0.3 is 0 Å². The summed E-state index contributed by atoms with van der Waals surface area (Å²) in [6.45, 7) is 2.93. The Morgan fingerprint density at radius 3 is 3.04 bits per heavy atom. The van der Waals surface area contributed by atoms with Crippen LogP contribution in [-0.2, 0) is 6.42 Å². The molecule has 146 valence electrons. The van der Waals surface area contributed by atoms with Crippen molar-refractivity contribution in [3.05, 3.63) is 53.4 Å². The van der Waals surface area contributed by atoms with Gasteiger partial charge in [0, 0.05) is 18.4 Å². The summed E-state index contributed by atoms with van der Waals surface area (Å²) < 4.78 is 15.5. The fraction of sp³-hybridized carbons (Fsp3) is 0.400. The van der Waals surface area contributed by atoms with E-state index < -0.39 is 5.91 Å². The van der Waals surface area contributed by atoms with Crippen LogP contribution < -0.4 is 10.6 Å². The van der Waals surface area contributed by atoms with Crippen LogP contribution in [0.3, 0.4) is 0 Å². The zero-order valence-electron chi connectivity index (χ0n) is 15.8. The van der Waals surface area contributed by atoms with E-state index in [0.717, 1.165) is 55.7 Å². The molecule has 0 aliphatic carbocycles. The number of carbonyl (C=O) groups excluding carboxylic acids is 1. The third-order valence-corrected chi connectivity index (χ3v) is 5.26. The van der Waals surface area contributed by atoms with Crippen LogP contribution in [0.2, 0.25) is 0 Å². The maximum atomic E-state index is 14.0. The molecule has 1 atom stereocenters. The summed E-state index contributed by atoms with van der Waals surface area (Å²) in [4.78, 5) is 22.8. The van der Waals surface area contributed by atoms with Gasteiger partial charge < -0.3 is 10.6 Å². The number of rotatable bonds is 6. The van der Waals surface area contributed by atoms with Crippen LogP contribution in [0.15, 0.2) is 30.7 Å². The van der Waals surface area contributed by atoms with Gasteiger partial charge in [0.15, 0.2) is 5.65 Å². The van der Waals surface area contributed by atoms with Gasteiger partial charge in [0.2, 0.25) is 0 Å². The maximum Gasteiger partial charge on any atom is 0.254 e. The number of unbranched alkanes of at least 4 members (excludes halogenated alkanes) is 1. The Bertz CT molecular complexity index is 1020. The van der Waals surface area contributed by atoms with Crippen LogP contribution in [-0.4, -0.2) is 32.0 Å². The van der Waals surface area contributed by atoms with E-state index in [9.17, 15) is 9.18 Å². The molecule has 0 spiro atoms. The van der Waals surface area contributed by atoms with Crippen LogP contribution in [0.4, 0.5) is 10.2 Å². The molecular weight excluding hydrogens is 359 g/mol. The second-order valence-electron chi connectivity index (χ2n) is 7.12. The van der Waals surface area contributed by atoms with E-state index in [0.29, 0.717) is 5.65 Å². The second kappa shape index (κ2) is 7.53. The van der Waals surface area contributed by atoms with Crippen molar-refractivity contribution in [2.45, 2.75) is 45.1 Å². The third-order valence-electron chi connectivity index (χ3n) is 5.26. The van der Waals surface area contributed by atoms with E-state index >= 15 is 0 Å². The van der Waals surface area contributed by atoms with E-state index in [1.54, 1.807) is 12.3 Å². The number of primary amides is 1. The molecule has 4 heterocycles. The van der Waals surface area contributed by atoms with E-state index in [-0.39, 0.29) is 17.4 Å². The molecule has 0 radical (unpaired) electrons. The number of pyridine rings is 1. The Morgan fingerprint density at radius 2 is 2.25 bits per heavy atom. The topological polar surface area (TPSA) is 89.4 Å². The van der Waals surface area contributed by atoms with Gasteiger partial charge in [-0.1, -0.05) is 13.3 Å². The standard InChI is InChI=1S/C20H23FN6O/c1-2-3-5-16-14(10-13(21)11-23-16)17-6-4-8-26(17)18-7-9-27-20(25-18)15(12-24-27)19(22)28/h7,9-12,17H,2-6,8H2,1H3,(H2,22,28)/t17-/m1/s1. The number of aryl methyl sites for hydroxylation is 1. The highest BCUT2D eigenvalue weighted by molar-refractivity contribution is 5.98. The first-order valence-electron chi connectivity index (χ1n) is 9.63. The number of nitrogens with zero attached hydrogens (tertiary/aromatic N) is 5. The molecule has 0 aromatic carbocycles. The molecular formula is C20H23FN6O. The molecule has 3 aromatic rings. The SMILES string of the molecule is CCCCc1ncc(F)cc1[C@H]1CCCN1c1ccn2ncc(C(N)=O)c2n1. The lowest BCUT2D eigenvalue weighted by Gasteiger charge is -2.27. The summed E-state index contributed by atoms with van der Waals surface area (Å²) in [5.41, 5.74) is 8.02. The first-order chi connectivity index (χ1) is 13.6. The molecule has 0 saturated carbocycles. The Labute approximate surface area is 162 Å². The number of aromatic nitrogens is 4. The third kappa shape index (κ3) is 3.30.